The Hall–Kier alpha value is -1.33. The Balaban J connectivity index is 2.54. The Labute approximate surface area is 101 Å². The first kappa shape index (κ1) is 11.2. The summed E-state index contributed by atoms with van der Waals surface area (Å²) >= 11 is 3.42. The molecule has 0 aliphatic carbocycles. The third kappa shape index (κ3) is 1.96. The molecule has 0 atom stereocenters. The van der Waals surface area contributed by atoms with Gasteiger partial charge in [0.25, 0.3) is 0 Å². The summed E-state index contributed by atoms with van der Waals surface area (Å²) in [6.45, 7) is 1.95. The molecular weight excluding hydrogens is 270 g/mol. The quantitative estimate of drug-likeness (QED) is 0.446. The molecule has 1 aromatic carbocycles. The van der Waals surface area contributed by atoms with Crippen molar-refractivity contribution in [1.29, 1.82) is 0 Å². The number of rotatable bonds is 2. The molecule has 1 heterocycles. The van der Waals surface area contributed by atoms with Crippen molar-refractivity contribution in [2.24, 2.45) is 5.84 Å². The van der Waals surface area contributed by atoms with Crippen LogP contribution >= 0.6 is 15.9 Å². The Morgan fingerprint density at radius 3 is 3.00 bits per heavy atom. The Morgan fingerprint density at radius 1 is 1.56 bits per heavy atom. The molecule has 5 heteroatoms. The molecule has 2 aromatic rings. The number of nitrogens with two attached hydrogens (primary N) is 1. The number of halogens is 1. The maximum absolute atomic E-state index is 11.3. The first-order valence-corrected chi connectivity index (χ1v) is 5.67. The summed E-state index contributed by atoms with van der Waals surface area (Å²) in [4.78, 5) is 14.5. The van der Waals surface area contributed by atoms with Crippen molar-refractivity contribution in [2.45, 2.75) is 13.3 Å². The lowest BCUT2D eigenvalue weighted by Gasteiger charge is -2.00. The Bertz CT molecular complexity index is 547. The number of nitrogens with one attached hydrogen (secondary N) is 2. The highest BCUT2D eigenvalue weighted by atomic mass is 79.9. The van der Waals surface area contributed by atoms with Crippen LogP contribution in [0.4, 0.5) is 0 Å². The molecule has 0 unspecified atom stereocenters. The van der Waals surface area contributed by atoms with Gasteiger partial charge in [-0.15, -0.1) is 0 Å². The highest BCUT2D eigenvalue weighted by Gasteiger charge is 2.11. The first-order chi connectivity index (χ1) is 7.61. The molecule has 2 rings (SSSR count). The lowest BCUT2D eigenvalue weighted by atomic mass is 10.1. The largest absolute Gasteiger partial charge is 0.358 e. The van der Waals surface area contributed by atoms with Crippen LogP contribution in [-0.2, 0) is 11.2 Å². The summed E-state index contributed by atoms with van der Waals surface area (Å²) in [6.07, 6.45) is 0.290. The standard InChI is InChI=1S/C11H12BrN3O/c1-6-8(5-11(16)15-13)9-4-7(12)2-3-10(9)14-6/h2-4,14H,5,13H2,1H3,(H,15,16). The van der Waals surface area contributed by atoms with Gasteiger partial charge in [0.05, 0.1) is 6.42 Å². The van der Waals surface area contributed by atoms with E-state index in [4.69, 9.17) is 5.84 Å². The van der Waals surface area contributed by atoms with E-state index in [2.05, 4.69) is 26.3 Å². The van der Waals surface area contributed by atoms with Crippen LogP contribution in [0.2, 0.25) is 0 Å². The fraction of sp³-hybridized carbons (Fsp3) is 0.182. The van der Waals surface area contributed by atoms with Gasteiger partial charge in [-0.05, 0) is 30.7 Å². The lowest BCUT2D eigenvalue weighted by molar-refractivity contribution is -0.120. The fourth-order valence-corrected chi connectivity index (χ4v) is 2.16. The van der Waals surface area contributed by atoms with Crippen molar-refractivity contribution in [3.63, 3.8) is 0 Å². The first-order valence-electron chi connectivity index (χ1n) is 4.88. The molecule has 0 aliphatic heterocycles. The number of carbonyl (C=O) groups is 1. The van der Waals surface area contributed by atoms with Gasteiger partial charge in [0, 0.05) is 21.1 Å². The second-order valence-electron chi connectivity index (χ2n) is 3.66. The minimum absolute atomic E-state index is 0.191. The maximum atomic E-state index is 11.3. The van der Waals surface area contributed by atoms with E-state index in [1.54, 1.807) is 0 Å². The number of amides is 1. The van der Waals surface area contributed by atoms with Crippen LogP contribution in [0.5, 0.6) is 0 Å². The van der Waals surface area contributed by atoms with E-state index in [0.29, 0.717) is 6.42 Å². The normalized spacial score (nSPS) is 10.7. The molecule has 0 saturated heterocycles. The topological polar surface area (TPSA) is 70.9 Å². The van der Waals surface area contributed by atoms with Crippen LogP contribution in [0.1, 0.15) is 11.3 Å². The SMILES string of the molecule is Cc1[nH]c2ccc(Br)cc2c1CC(=O)NN. The third-order valence-corrected chi connectivity index (χ3v) is 3.07. The summed E-state index contributed by atoms with van der Waals surface area (Å²) in [5.41, 5.74) is 5.16. The van der Waals surface area contributed by atoms with E-state index in [-0.39, 0.29) is 5.91 Å². The average molecular weight is 282 g/mol. The lowest BCUT2D eigenvalue weighted by Crippen LogP contribution is -2.31. The van der Waals surface area contributed by atoms with Gasteiger partial charge >= 0.3 is 0 Å². The van der Waals surface area contributed by atoms with Crippen molar-refractivity contribution < 1.29 is 4.79 Å². The number of aromatic nitrogens is 1. The number of aryl methyl sites for hydroxylation is 1. The predicted molar refractivity (Wildman–Crippen MR) is 66.8 cm³/mol. The fourth-order valence-electron chi connectivity index (χ4n) is 1.79. The maximum Gasteiger partial charge on any atom is 0.238 e. The molecule has 0 radical (unpaired) electrons. The highest BCUT2D eigenvalue weighted by molar-refractivity contribution is 9.10. The van der Waals surface area contributed by atoms with Gasteiger partial charge < -0.3 is 4.98 Å². The van der Waals surface area contributed by atoms with Gasteiger partial charge in [0.15, 0.2) is 0 Å². The molecule has 4 N–H and O–H groups in total. The van der Waals surface area contributed by atoms with Crippen LogP contribution in [-0.4, -0.2) is 10.9 Å². The average Bonchev–Trinajstić information content (AvgIpc) is 2.55. The van der Waals surface area contributed by atoms with Crippen LogP contribution in [0.25, 0.3) is 10.9 Å². The van der Waals surface area contributed by atoms with Crippen molar-refractivity contribution in [3.05, 3.63) is 33.9 Å². The van der Waals surface area contributed by atoms with E-state index in [0.717, 1.165) is 26.6 Å². The van der Waals surface area contributed by atoms with Gasteiger partial charge in [-0.2, -0.15) is 0 Å². The van der Waals surface area contributed by atoms with Crippen LogP contribution in [0.3, 0.4) is 0 Å². The molecular formula is C11H12BrN3O. The number of hydrazine groups is 1. The van der Waals surface area contributed by atoms with Crippen molar-refractivity contribution in [1.82, 2.24) is 10.4 Å². The molecule has 1 aromatic heterocycles. The van der Waals surface area contributed by atoms with E-state index in [1.807, 2.05) is 25.1 Å². The van der Waals surface area contributed by atoms with Crippen molar-refractivity contribution in [3.8, 4) is 0 Å². The van der Waals surface area contributed by atoms with Gasteiger partial charge in [-0.25, -0.2) is 5.84 Å². The summed E-state index contributed by atoms with van der Waals surface area (Å²) in [5, 5.41) is 1.05. The van der Waals surface area contributed by atoms with Crippen LogP contribution in [0, 0.1) is 6.92 Å². The molecule has 4 nitrogen and oxygen atoms in total. The van der Waals surface area contributed by atoms with E-state index in [1.165, 1.54) is 0 Å². The molecule has 0 bridgehead atoms. The summed E-state index contributed by atoms with van der Waals surface area (Å²) in [5.74, 6) is 4.90. The summed E-state index contributed by atoms with van der Waals surface area (Å²) in [6, 6.07) is 5.94. The number of aromatic amines is 1. The number of H-pyrrole nitrogens is 1. The second-order valence-corrected chi connectivity index (χ2v) is 4.58. The van der Waals surface area contributed by atoms with E-state index < -0.39 is 0 Å². The van der Waals surface area contributed by atoms with Crippen molar-refractivity contribution >= 4 is 32.7 Å². The van der Waals surface area contributed by atoms with Gasteiger partial charge in [0.1, 0.15) is 0 Å². The summed E-state index contributed by atoms with van der Waals surface area (Å²) in [7, 11) is 0. The van der Waals surface area contributed by atoms with Crippen LogP contribution in [0.15, 0.2) is 22.7 Å². The number of carbonyl (C=O) groups excluding carboxylic acids is 1. The third-order valence-electron chi connectivity index (χ3n) is 2.58. The minimum atomic E-state index is -0.191. The Kier molecular flexibility index (Phi) is 2.98. The monoisotopic (exact) mass is 281 g/mol. The second kappa shape index (κ2) is 4.27. The molecule has 84 valence electrons. The molecule has 0 saturated carbocycles. The van der Waals surface area contributed by atoms with Gasteiger partial charge in [-0.1, -0.05) is 15.9 Å². The predicted octanol–water partition coefficient (Wildman–Crippen LogP) is 1.77. The number of hydrogen-bond donors (Lipinski definition) is 3. The molecule has 1 amide bonds. The number of hydrogen-bond acceptors (Lipinski definition) is 2. The number of benzene rings is 1. The molecule has 16 heavy (non-hydrogen) atoms. The zero-order chi connectivity index (χ0) is 11.7. The molecule has 0 aliphatic rings. The summed E-state index contributed by atoms with van der Waals surface area (Å²) < 4.78 is 0.994. The zero-order valence-corrected chi connectivity index (χ0v) is 10.4. The van der Waals surface area contributed by atoms with Gasteiger partial charge in [0.2, 0.25) is 5.91 Å². The Morgan fingerprint density at radius 2 is 2.31 bits per heavy atom. The molecule has 0 spiro atoms. The van der Waals surface area contributed by atoms with E-state index >= 15 is 0 Å². The minimum Gasteiger partial charge on any atom is -0.358 e. The van der Waals surface area contributed by atoms with Crippen molar-refractivity contribution in [2.75, 3.05) is 0 Å². The van der Waals surface area contributed by atoms with Gasteiger partial charge in [-0.3, -0.25) is 10.2 Å². The number of fused-ring (bicyclic) bond motifs is 1. The van der Waals surface area contributed by atoms with Crippen LogP contribution < -0.4 is 11.3 Å². The molecule has 0 fully saturated rings. The highest BCUT2D eigenvalue weighted by Crippen LogP contribution is 2.25. The smallest absolute Gasteiger partial charge is 0.238 e. The van der Waals surface area contributed by atoms with E-state index in [9.17, 15) is 4.79 Å². The zero-order valence-electron chi connectivity index (χ0n) is 8.80.